The molecule has 0 saturated carbocycles. The topological polar surface area (TPSA) is 0 Å². The molecule has 0 aromatic heterocycles. The third-order valence-corrected chi connectivity index (χ3v) is 6.77. The minimum atomic E-state index is 0.267. The Morgan fingerprint density at radius 3 is 0.765 bits per heavy atom. The first kappa shape index (κ1) is 27.9. The maximum atomic E-state index is 2.31. The second-order valence-corrected chi connectivity index (χ2v) is 10.6. The molecule has 0 spiro atoms. The van der Waals surface area contributed by atoms with Crippen molar-refractivity contribution in [1.82, 2.24) is 0 Å². The third-order valence-electron chi connectivity index (χ3n) is 6.77. The Morgan fingerprint density at radius 1 is 0.382 bits per heavy atom. The molecular formula is C34H48. The SMILES string of the molecule is CC(C)c1ccc(C(c2ccc(C(C)C)cc2)c2ccc(C(C)C)cc2)cc1.CCCCCC. The van der Waals surface area contributed by atoms with Gasteiger partial charge in [0, 0.05) is 5.92 Å². The molecule has 0 unspecified atom stereocenters. The first-order valence-electron chi connectivity index (χ1n) is 13.6. The summed E-state index contributed by atoms with van der Waals surface area (Å²) in [7, 11) is 0. The van der Waals surface area contributed by atoms with Gasteiger partial charge in [0.15, 0.2) is 0 Å². The van der Waals surface area contributed by atoms with Crippen LogP contribution in [-0.2, 0) is 0 Å². The van der Waals surface area contributed by atoms with Gasteiger partial charge in [0.05, 0.1) is 0 Å². The fourth-order valence-corrected chi connectivity index (χ4v) is 4.30. The molecule has 0 fully saturated rings. The van der Waals surface area contributed by atoms with Crippen molar-refractivity contribution in [2.45, 2.75) is 105 Å². The van der Waals surface area contributed by atoms with Gasteiger partial charge < -0.3 is 0 Å². The van der Waals surface area contributed by atoms with Crippen molar-refractivity contribution in [3.63, 3.8) is 0 Å². The lowest BCUT2D eigenvalue weighted by Crippen LogP contribution is -2.05. The molecule has 0 heteroatoms. The van der Waals surface area contributed by atoms with Crippen molar-refractivity contribution in [3.8, 4) is 0 Å². The summed E-state index contributed by atoms with van der Waals surface area (Å²) in [6.45, 7) is 18.0. The lowest BCUT2D eigenvalue weighted by molar-refractivity contribution is 0.702. The van der Waals surface area contributed by atoms with E-state index < -0.39 is 0 Å². The molecule has 0 radical (unpaired) electrons. The van der Waals surface area contributed by atoms with Crippen LogP contribution in [0.25, 0.3) is 0 Å². The molecule has 0 nitrogen and oxygen atoms in total. The van der Waals surface area contributed by atoms with Crippen LogP contribution in [0.4, 0.5) is 0 Å². The highest BCUT2D eigenvalue weighted by Gasteiger charge is 2.18. The Morgan fingerprint density at radius 2 is 0.588 bits per heavy atom. The molecule has 0 amide bonds. The van der Waals surface area contributed by atoms with E-state index in [2.05, 4.69) is 128 Å². The van der Waals surface area contributed by atoms with Crippen LogP contribution < -0.4 is 0 Å². The average Bonchev–Trinajstić information content (AvgIpc) is 2.84. The van der Waals surface area contributed by atoms with Crippen molar-refractivity contribution in [1.29, 1.82) is 0 Å². The Hall–Kier alpha value is -2.34. The maximum Gasteiger partial charge on any atom is 0.0339 e. The molecular weight excluding hydrogens is 408 g/mol. The summed E-state index contributed by atoms with van der Waals surface area (Å²) in [5, 5.41) is 0. The van der Waals surface area contributed by atoms with Crippen LogP contribution in [0.3, 0.4) is 0 Å². The highest BCUT2D eigenvalue weighted by molar-refractivity contribution is 5.45. The molecule has 0 aliphatic carbocycles. The summed E-state index contributed by atoms with van der Waals surface area (Å²) >= 11 is 0. The summed E-state index contributed by atoms with van der Waals surface area (Å²) in [5.41, 5.74) is 8.27. The quantitative estimate of drug-likeness (QED) is 0.222. The monoisotopic (exact) mass is 456 g/mol. The zero-order valence-corrected chi connectivity index (χ0v) is 23.1. The van der Waals surface area contributed by atoms with Gasteiger partial charge in [0.25, 0.3) is 0 Å². The molecule has 3 aromatic rings. The minimum Gasteiger partial charge on any atom is -0.0654 e. The Bertz CT molecular complexity index is 798. The van der Waals surface area contributed by atoms with Crippen molar-refractivity contribution in [2.24, 2.45) is 0 Å². The molecule has 0 saturated heterocycles. The zero-order chi connectivity index (χ0) is 25.1. The van der Waals surface area contributed by atoms with Gasteiger partial charge in [0.1, 0.15) is 0 Å². The van der Waals surface area contributed by atoms with E-state index in [4.69, 9.17) is 0 Å². The molecule has 0 bridgehead atoms. The molecule has 184 valence electrons. The predicted octanol–water partition coefficient (Wildman–Crippen LogP) is 10.8. The molecule has 0 aliphatic heterocycles. The van der Waals surface area contributed by atoms with Crippen LogP contribution in [0.2, 0.25) is 0 Å². The molecule has 3 aromatic carbocycles. The lowest BCUT2D eigenvalue weighted by atomic mass is 9.83. The van der Waals surface area contributed by atoms with Gasteiger partial charge >= 0.3 is 0 Å². The summed E-state index contributed by atoms with van der Waals surface area (Å²) < 4.78 is 0. The van der Waals surface area contributed by atoms with Gasteiger partial charge in [-0.1, -0.05) is 154 Å². The molecule has 3 rings (SSSR count). The molecule has 0 atom stereocenters. The van der Waals surface area contributed by atoms with E-state index in [9.17, 15) is 0 Å². The van der Waals surface area contributed by atoms with Crippen molar-refractivity contribution in [3.05, 3.63) is 106 Å². The summed E-state index contributed by atoms with van der Waals surface area (Å²) in [6.07, 6.45) is 5.54. The number of unbranched alkanes of at least 4 members (excludes halogenated alkanes) is 3. The fourth-order valence-electron chi connectivity index (χ4n) is 4.30. The standard InChI is InChI=1S/C28H34.C6H14/c1-19(2)22-7-13-25(14-8-22)28(26-15-9-23(10-16-26)20(3)4)27-17-11-24(12-18-27)21(5)6;1-3-5-6-4-2/h7-21,28H,1-6H3;3-6H2,1-2H3. The Labute approximate surface area is 210 Å². The second-order valence-electron chi connectivity index (χ2n) is 10.6. The minimum absolute atomic E-state index is 0.267. The molecule has 34 heavy (non-hydrogen) atoms. The number of rotatable bonds is 9. The van der Waals surface area contributed by atoms with Crippen molar-refractivity contribution in [2.75, 3.05) is 0 Å². The number of benzene rings is 3. The molecule has 0 N–H and O–H groups in total. The van der Waals surface area contributed by atoms with Gasteiger partial charge in [-0.15, -0.1) is 0 Å². The highest BCUT2D eigenvalue weighted by Crippen LogP contribution is 2.34. The van der Waals surface area contributed by atoms with E-state index >= 15 is 0 Å². The van der Waals surface area contributed by atoms with E-state index in [-0.39, 0.29) is 5.92 Å². The average molecular weight is 457 g/mol. The molecule has 0 aliphatic rings. The lowest BCUT2D eigenvalue weighted by Gasteiger charge is -2.21. The summed E-state index contributed by atoms with van der Waals surface area (Å²) in [6, 6.07) is 27.6. The predicted molar refractivity (Wildman–Crippen MR) is 152 cm³/mol. The van der Waals surface area contributed by atoms with Crippen LogP contribution in [0.5, 0.6) is 0 Å². The van der Waals surface area contributed by atoms with Crippen molar-refractivity contribution < 1.29 is 0 Å². The highest BCUT2D eigenvalue weighted by atomic mass is 14.2. The van der Waals surface area contributed by atoms with Crippen LogP contribution in [-0.4, -0.2) is 0 Å². The van der Waals surface area contributed by atoms with E-state index in [0.717, 1.165) is 0 Å². The number of hydrogen-bond donors (Lipinski definition) is 0. The van der Waals surface area contributed by atoms with Gasteiger partial charge in [0.2, 0.25) is 0 Å². The van der Waals surface area contributed by atoms with Crippen LogP contribution >= 0.6 is 0 Å². The zero-order valence-electron chi connectivity index (χ0n) is 23.1. The Kier molecular flexibility index (Phi) is 11.6. The van der Waals surface area contributed by atoms with E-state index in [1.54, 1.807) is 0 Å². The summed E-state index contributed by atoms with van der Waals surface area (Å²) in [4.78, 5) is 0. The summed E-state index contributed by atoms with van der Waals surface area (Å²) in [5.74, 6) is 1.94. The van der Waals surface area contributed by atoms with Crippen LogP contribution in [0, 0.1) is 0 Å². The van der Waals surface area contributed by atoms with Crippen LogP contribution in [0.1, 0.15) is 138 Å². The fraction of sp³-hybridized carbons (Fsp3) is 0.471. The van der Waals surface area contributed by atoms with Gasteiger partial charge in [-0.05, 0) is 51.1 Å². The largest absolute Gasteiger partial charge is 0.0654 e. The smallest absolute Gasteiger partial charge is 0.0339 e. The van der Waals surface area contributed by atoms with E-state index in [0.29, 0.717) is 17.8 Å². The number of hydrogen-bond acceptors (Lipinski definition) is 0. The third kappa shape index (κ3) is 8.15. The van der Waals surface area contributed by atoms with Gasteiger partial charge in [-0.3, -0.25) is 0 Å². The first-order chi connectivity index (χ1) is 16.3. The molecule has 0 heterocycles. The van der Waals surface area contributed by atoms with Crippen molar-refractivity contribution >= 4 is 0 Å². The normalized spacial score (nSPS) is 11.3. The first-order valence-corrected chi connectivity index (χ1v) is 13.6. The van der Waals surface area contributed by atoms with E-state index in [1.165, 1.54) is 59.1 Å². The van der Waals surface area contributed by atoms with Crippen LogP contribution in [0.15, 0.2) is 72.8 Å². The van der Waals surface area contributed by atoms with Gasteiger partial charge in [-0.25, -0.2) is 0 Å². The van der Waals surface area contributed by atoms with Gasteiger partial charge in [-0.2, -0.15) is 0 Å². The maximum absolute atomic E-state index is 2.31. The second kappa shape index (κ2) is 14.1. The van der Waals surface area contributed by atoms with E-state index in [1.807, 2.05) is 0 Å². The Balaban J connectivity index is 0.000000604.